The van der Waals surface area contributed by atoms with Crippen LogP contribution in [0.4, 0.5) is 5.69 Å². The molecule has 2 aromatic carbocycles. The highest BCUT2D eigenvalue weighted by molar-refractivity contribution is 7.99. The number of hydrogen-bond acceptors (Lipinski definition) is 8. The van der Waals surface area contributed by atoms with Crippen LogP contribution in [0.1, 0.15) is 12.7 Å². The average Bonchev–Trinajstić information content (AvgIpc) is 3.13. The minimum absolute atomic E-state index is 0.000504. The SMILES string of the molecule is CCn1c(CS(=O)(=O)c2ccccc2)nnc1SCC(=O)Nc1ccc(S(N)(=O)=O)cc1. The maximum absolute atomic E-state index is 12.6. The third-order valence-electron chi connectivity index (χ3n) is 4.33. The molecule has 1 heterocycles. The highest BCUT2D eigenvalue weighted by atomic mass is 32.2. The number of anilines is 1. The van der Waals surface area contributed by atoms with Crippen molar-refractivity contribution in [1.82, 2.24) is 14.8 Å². The topological polar surface area (TPSA) is 154 Å². The number of nitrogens with two attached hydrogens (primary N) is 1. The van der Waals surface area contributed by atoms with Gasteiger partial charge in [-0.2, -0.15) is 0 Å². The number of carbonyl (C=O) groups is 1. The van der Waals surface area contributed by atoms with Crippen molar-refractivity contribution >= 4 is 43.2 Å². The molecule has 0 aliphatic heterocycles. The monoisotopic (exact) mass is 495 g/mol. The molecule has 0 bridgehead atoms. The molecule has 1 amide bonds. The number of primary sulfonamides is 1. The molecule has 0 aliphatic rings. The minimum Gasteiger partial charge on any atom is -0.325 e. The van der Waals surface area contributed by atoms with Crippen LogP contribution < -0.4 is 10.5 Å². The second kappa shape index (κ2) is 9.81. The molecule has 0 saturated carbocycles. The first-order valence-electron chi connectivity index (χ1n) is 9.35. The van der Waals surface area contributed by atoms with Crippen LogP contribution in [-0.4, -0.2) is 43.3 Å². The zero-order valence-electron chi connectivity index (χ0n) is 17.0. The van der Waals surface area contributed by atoms with Crippen LogP contribution in [0, 0.1) is 0 Å². The van der Waals surface area contributed by atoms with Crippen molar-refractivity contribution < 1.29 is 21.6 Å². The molecule has 3 aromatic rings. The van der Waals surface area contributed by atoms with E-state index in [9.17, 15) is 21.6 Å². The van der Waals surface area contributed by atoms with Gasteiger partial charge >= 0.3 is 0 Å². The summed E-state index contributed by atoms with van der Waals surface area (Å²) < 4.78 is 49.5. The van der Waals surface area contributed by atoms with Gasteiger partial charge in [0.25, 0.3) is 0 Å². The lowest BCUT2D eigenvalue weighted by molar-refractivity contribution is -0.113. The van der Waals surface area contributed by atoms with Crippen LogP contribution in [0.25, 0.3) is 0 Å². The molecule has 32 heavy (non-hydrogen) atoms. The van der Waals surface area contributed by atoms with Gasteiger partial charge in [-0.25, -0.2) is 22.0 Å². The Morgan fingerprint density at radius 1 is 1.00 bits per heavy atom. The maximum Gasteiger partial charge on any atom is 0.238 e. The molecule has 0 unspecified atom stereocenters. The Balaban J connectivity index is 1.64. The number of sulfonamides is 1. The Morgan fingerprint density at radius 2 is 1.66 bits per heavy atom. The molecule has 0 radical (unpaired) electrons. The standard InChI is InChI=1S/C19H21N5O5S3/c1-2-24-17(13-31(26,27)15-6-4-3-5-7-15)22-23-19(24)30-12-18(25)21-14-8-10-16(11-9-14)32(20,28)29/h3-11H,2,12-13H2,1H3,(H,21,25)(H2,20,28,29). The normalized spacial score (nSPS) is 11.9. The summed E-state index contributed by atoms with van der Waals surface area (Å²) in [6.07, 6.45) is 0. The van der Waals surface area contributed by atoms with Crippen LogP contribution in [0.5, 0.6) is 0 Å². The van der Waals surface area contributed by atoms with Gasteiger partial charge in [-0.05, 0) is 43.3 Å². The first-order chi connectivity index (χ1) is 15.1. The van der Waals surface area contributed by atoms with Crippen LogP contribution in [0.15, 0.2) is 69.5 Å². The largest absolute Gasteiger partial charge is 0.325 e. The van der Waals surface area contributed by atoms with Crippen LogP contribution >= 0.6 is 11.8 Å². The second-order valence-electron chi connectivity index (χ2n) is 6.62. The van der Waals surface area contributed by atoms with E-state index in [1.807, 2.05) is 6.92 Å². The molecule has 10 nitrogen and oxygen atoms in total. The van der Waals surface area contributed by atoms with E-state index in [4.69, 9.17) is 5.14 Å². The molecule has 0 aliphatic carbocycles. The second-order valence-corrected chi connectivity index (χ2v) is 11.1. The van der Waals surface area contributed by atoms with E-state index in [-0.39, 0.29) is 33.0 Å². The van der Waals surface area contributed by atoms with E-state index in [2.05, 4.69) is 15.5 Å². The van der Waals surface area contributed by atoms with Gasteiger partial charge in [0, 0.05) is 12.2 Å². The summed E-state index contributed by atoms with van der Waals surface area (Å²) in [4.78, 5) is 12.4. The molecular formula is C19H21N5O5S3. The summed E-state index contributed by atoms with van der Waals surface area (Å²) in [6.45, 7) is 2.27. The van der Waals surface area contributed by atoms with Crippen molar-refractivity contribution in [3.63, 3.8) is 0 Å². The van der Waals surface area contributed by atoms with Gasteiger partial charge < -0.3 is 9.88 Å². The van der Waals surface area contributed by atoms with Gasteiger partial charge in [0.2, 0.25) is 15.9 Å². The summed E-state index contributed by atoms with van der Waals surface area (Å²) in [5, 5.41) is 16.2. The maximum atomic E-state index is 12.6. The Hall–Kier alpha value is -2.74. The summed E-state index contributed by atoms with van der Waals surface area (Å²) in [6, 6.07) is 13.6. The van der Waals surface area contributed by atoms with E-state index in [1.54, 1.807) is 22.8 Å². The minimum atomic E-state index is -3.81. The number of hydrogen-bond donors (Lipinski definition) is 2. The van der Waals surface area contributed by atoms with Crippen molar-refractivity contribution in [2.75, 3.05) is 11.1 Å². The highest BCUT2D eigenvalue weighted by Gasteiger charge is 2.21. The number of nitrogens with zero attached hydrogens (tertiary/aromatic N) is 3. The fraction of sp³-hybridized carbons (Fsp3) is 0.211. The van der Waals surface area contributed by atoms with Crippen molar-refractivity contribution in [1.29, 1.82) is 0 Å². The first kappa shape index (κ1) is 23.9. The Bertz CT molecular complexity index is 1310. The van der Waals surface area contributed by atoms with Gasteiger partial charge in [0.15, 0.2) is 15.0 Å². The Labute approximate surface area is 190 Å². The Kier molecular flexibility index (Phi) is 7.33. The fourth-order valence-electron chi connectivity index (χ4n) is 2.79. The third kappa shape index (κ3) is 5.94. The molecule has 3 N–H and O–H groups in total. The smallest absolute Gasteiger partial charge is 0.238 e. The molecule has 170 valence electrons. The number of aromatic nitrogens is 3. The summed E-state index contributed by atoms with van der Waals surface area (Å²) >= 11 is 1.12. The van der Waals surface area contributed by atoms with Crippen LogP contribution in [0.2, 0.25) is 0 Å². The molecule has 0 spiro atoms. The highest BCUT2D eigenvalue weighted by Crippen LogP contribution is 2.21. The van der Waals surface area contributed by atoms with Gasteiger partial charge in [-0.15, -0.1) is 10.2 Å². The van der Waals surface area contributed by atoms with E-state index in [0.717, 1.165) is 11.8 Å². The van der Waals surface area contributed by atoms with Gasteiger partial charge in [-0.3, -0.25) is 4.79 Å². The number of nitrogens with one attached hydrogen (secondary N) is 1. The number of carbonyl (C=O) groups excluding carboxylic acids is 1. The van der Waals surface area contributed by atoms with E-state index >= 15 is 0 Å². The number of rotatable bonds is 9. The quantitative estimate of drug-likeness (QED) is 0.425. The zero-order chi connectivity index (χ0) is 23.4. The van der Waals surface area contributed by atoms with Crippen molar-refractivity contribution in [2.24, 2.45) is 5.14 Å². The molecule has 13 heteroatoms. The van der Waals surface area contributed by atoms with Crippen molar-refractivity contribution in [2.45, 2.75) is 34.2 Å². The predicted molar refractivity (Wildman–Crippen MR) is 120 cm³/mol. The van der Waals surface area contributed by atoms with E-state index in [1.165, 1.54) is 36.4 Å². The molecule has 3 rings (SSSR count). The number of thioether (sulfide) groups is 1. The number of amides is 1. The lowest BCUT2D eigenvalue weighted by Crippen LogP contribution is -2.16. The molecule has 0 saturated heterocycles. The third-order valence-corrected chi connectivity index (χ3v) is 7.85. The fourth-order valence-corrected chi connectivity index (χ4v) is 5.42. The molecular weight excluding hydrogens is 474 g/mol. The first-order valence-corrected chi connectivity index (χ1v) is 13.5. The van der Waals surface area contributed by atoms with Gasteiger partial charge in [0.1, 0.15) is 11.6 Å². The average molecular weight is 496 g/mol. The van der Waals surface area contributed by atoms with E-state index in [0.29, 0.717) is 17.4 Å². The van der Waals surface area contributed by atoms with Crippen LogP contribution in [0.3, 0.4) is 0 Å². The zero-order valence-corrected chi connectivity index (χ0v) is 19.5. The lowest BCUT2D eigenvalue weighted by atomic mass is 10.3. The molecule has 0 atom stereocenters. The lowest BCUT2D eigenvalue weighted by Gasteiger charge is -2.09. The molecule has 1 aromatic heterocycles. The summed E-state index contributed by atoms with van der Waals surface area (Å²) in [7, 11) is -7.39. The van der Waals surface area contributed by atoms with Crippen molar-refractivity contribution in [3.05, 3.63) is 60.4 Å². The number of sulfone groups is 1. The van der Waals surface area contributed by atoms with Crippen molar-refractivity contribution in [3.8, 4) is 0 Å². The van der Waals surface area contributed by atoms with E-state index < -0.39 is 19.9 Å². The van der Waals surface area contributed by atoms with Crippen LogP contribution in [-0.2, 0) is 37.0 Å². The number of benzene rings is 2. The van der Waals surface area contributed by atoms with Gasteiger partial charge in [0.05, 0.1) is 15.5 Å². The Morgan fingerprint density at radius 3 is 2.25 bits per heavy atom. The summed E-state index contributed by atoms with van der Waals surface area (Å²) in [5.74, 6) is -0.359. The molecule has 0 fully saturated rings. The van der Waals surface area contributed by atoms with Gasteiger partial charge in [-0.1, -0.05) is 30.0 Å². The summed E-state index contributed by atoms with van der Waals surface area (Å²) in [5.41, 5.74) is 0.412. The predicted octanol–water partition coefficient (Wildman–Crippen LogP) is 1.65.